The van der Waals surface area contributed by atoms with Crippen LogP contribution in [0.2, 0.25) is 10.0 Å². The molecule has 2 nitrogen and oxygen atoms in total. The zero-order valence-corrected chi connectivity index (χ0v) is 12.4. The SMILES string of the molecule is Cc1ccc(-n2cc(-c3cccc(Cl)c3)cn2)cc1Cl. The van der Waals surface area contributed by atoms with Crippen LogP contribution in [0, 0.1) is 6.92 Å². The summed E-state index contributed by atoms with van der Waals surface area (Å²) >= 11 is 12.2. The molecular weight excluding hydrogens is 291 g/mol. The van der Waals surface area contributed by atoms with Crippen molar-refractivity contribution in [2.45, 2.75) is 6.92 Å². The van der Waals surface area contributed by atoms with E-state index in [1.165, 1.54) is 0 Å². The number of hydrogen-bond donors (Lipinski definition) is 0. The first-order valence-corrected chi connectivity index (χ1v) is 6.96. The van der Waals surface area contributed by atoms with E-state index in [2.05, 4.69) is 5.10 Å². The molecule has 0 aliphatic heterocycles. The second kappa shape index (κ2) is 5.31. The summed E-state index contributed by atoms with van der Waals surface area (Å²) in [5, 5.41) is 5.83. The van der Waals surface area contributed by atoms with Crippen LogP contribution in [0.15, 0.2) is 54.9 Å². The average Bonchev–Trinajstić information content (AvgIpc) is 2.92. The predicted molar refractivity (Wildman–Crippen MR) is 83.8 cm³/mol. The lowest BCUT2D eigenvalue weighted by molar-refractivity contribution is 0.880. The highest BCUT2D eigenvalue weighted by Crippen LogP contribution is 2.24. The number of benzene rings is 2. The van der Waals surface area contributed by atoms with E-state index in [-0.39, 0.29) is 0 Å². The Hall–Kier alpha value is -1.77. The minimum atomic E-state index is 0.716. The van der Waals surface area contributed by atoms with Crippen LogP contribution in [0.3, 0.4) is 0 Å². The van der Waals surface area contributed by atoms with Crippen molar-refractivity contribution in [3.8, 4) is 16.8 Å². The average molecular weight is 303 g/mol. The van der Waals surface area contributed by atoms with Gasteiger partial charge in [0.15, 0.2) is 0 Å². The number of hydrogen-bond acceptors (Lipinski definition) is 1. The molecule has 0 fully saturated rings. The van der Waals surface area contributed by atoms with Crippen molar-refractivity contribution >= 4 is 23.2 Å². The molecule has 1 heterocycles. The Balaban J connectivity index is 1.99. The van der Waals surface area contributed by atoms with Gasteiger partial charge in [0.05, 0.1) is 11.9 Å². The van der Waals surface area contributed by atoms with E-state index < -0.39 is 0 Å². The number of halogens is 2. The molecule has 1 aromatic heterocycles. The van der Waals surface area contributed by atoms with Gasteiger partial charge in [0, 0.05) is 21.8 Å². The van der Waals surface area contributed by atoms with Gasteiger partial charge < -0.3 is 0 Å². The number of aromatic nitrogens is 2. The van der Waals surface area contributed by atoms with Gasteiger partial charge in [-0.15, -0.1) is 0 Å². The number of aryl methyl sites for hydroxylation is 1. The normalized spacial score (nSPS) is 10.8. The molecular formula is C16H12Cl2N2. The molecule has 0 saturated carbocycles. The Bertz CT molecular complexity index is 763. The fourth-order valence-corrected chi connectivity index (χ4v) is 2.37. The molecule has 3 rings (SSSR count). The first kappa shape index (κ1) is 13.2. The Morgan fingerprint density at radius 2 is 1.85 bits per heavy atom. The Morgan fingerprint density at radius 1 is 1.00 bits per heavy atom. The molecule has 0 aliphatic rings. The second-order valence-electron chi connectivity index (χ2n) is 4.62. The van der Waals surface area contributed by atoms with Gasteiger partial charge in [-0.25, -0.2) is 4.68 Å². The van der Waals surface area contributed by atoms with Crippen molar-refractivity contribution in [2.24, 2.45) is 0 Å². The first-order valence-electron chi connectivity index (χ1n) is 6.20. The smallest absolute Gasteiger partial charge is 0.0660 e. The minimum Gasteiger partial charge on any atom is -0.240 e. The van der Waals surface area contributed by atoms with Gasteiger partial charge in [0.1, 0.15) is 0 Å². The van der Waals surface area contributed by atoms with Crippen molar-refractivity contribution in [3.63, 3.8) is 0 Å². The zero-order chi connectivity index (χ0) is 14.1. The van der Waals surface area contributed by atoms with Crippen LogP contribution in [-0.2, 0) is 0 Å². The third kappa shape index (κ3) is 2.58. The van der Waals surface area contributed by atoms with Gasteiger partial charge in [-0.2, -0.15) is 5.10 Å². The lowest BCUT2D eigenvalue weighted by Crippen LogP contribution is -1.94. The summed E-state index contributed by atoms with van der Waals surface area (Å²) in [6.45, 7) is 1.98. The van der Waals surface area contributed by atoms with Crippen molar-refractivity contribution in [2.75, 3.05) is 0 Å². The molecule has 3 aromatic rings. The lowest BCUT2D eigenvalue weighted by Gasteiger charge is -2.03. The highest BCUT2D eigenvalue weighted by molar-refractivity contribution is 6.31. The highest BCUT2D eigenvalue weighted by Gasteiger charge is 2.05. The highest BCUT2D eigenvalue weighted by atomic mass is 35.5. The summed E-state index contributed by atoms with van der Waals surface area (Å²) in [4.78, 5) is 0. The molecule has 0 atom stereocenters. The van der Waals surface area contributed by atoms with Crippen molar-refractivity contribution in [1.29, 1.82) is 0 Å². The number of nitrogens with zero attached hydrogens (tertiary/aromatic N) is 2. The molecule has 0 amide bonds. The van der Waals surface area contributed by atoms with Gasteiger partial charge in [-0.1, -0.05) is 41.4 Å². The fraction of sp³-hybridized carbons (Fsp3) is 0.0625. The van der Waals surface area contributed by atoms with E-state index in [1.54, 1.807) is 0 Å². The molecule has 0 saturated heterocycles. The molecule has 0 aliphatic carbocycles. The van der Waals surface area contributed by atoms with E-state index in [9.17, 15) is 0 Å². The van der Waals surface area contributed by atoms with Crippen molar-refractivity contribution in [3.05, 3.63) is 70.5 Å². The maximum absolute atomic E-state index is 6.15. The maximum Gasteiger partial charge on any atom is 0.0660 e. The van der Waals surface area contributed by atoms with Crippen LogP contribution in [0.5, 0.6) is 0 Å². The summed E-state index contributed by atoms with van der Waals surface area (Å²) < 4.78 is 1.81. The monoisotopic (exact) mass is 302 g/mol. The molecule has 2 aromatic carbocycles. The van der Waals surface area contributed by atoms with E-state index in [1.807, 2.05) is 66.5 Å². The molecule has 0 bridgehead atoms. The van der Waals surface area contributed by atoms with Crippen LogP contribution in [0.1, 0.15) is 5.56 Å². The Labute approximate surface area is 127 Å². The van der Waals surface area contributed by atoms with Gasteiger partial charge in [-0.05, 0) is 42.3 Å². The molecule has 0 unspecified atom stereocenters. The second-order valence-corrected chi connectivity index (χ2v) is 5.46. The first-order chi connectivity index (χ1) is 9.63. The number of rotatable bonds is 2. The summed E-state index contributed by atoms with van der Waals surface area (Å²) in [7, 11) is 0. The summed E-state index contributed by atoms with van der Waals surface area (Å²) in [6, 6.07) is 13.6. The minimum absolute atomic E-state index is 0.716. The third-order valence-corrected chi connectivity index (χ3v) is 3.80. The quantitative estimate of drug-likeness (QED) is 0.640. The summed E-state index contributed by atoms with van der Waals surface area (Å²) in [6.07, 6.45) is 3.78. The predicted octanol–water partition coefficient (Wildman–Crippen LogP) is 5.15. The van der Waals surface area contributed by atoms with E-state index in [0.29, 0.717) is 5.02 Å². The van der Waals surface area contributed by atoms with Crippen molar-refractivity contribution in [1.82, 2.24) is 9.78 Å². The van der Waals surface area contributed by atoms with Gasteiger partial charge >= 0.3 is 0 Å². The Morgan fingerprint density at radius 3 is 2.60 bits per heavy atom. The maximum atomic E-state index is 6.15. The Kier molecular flexibility index (Phi) is 3.51. The largest absolute Gasteiger partial charge is 0.240 e. The molecule has 0 spiro atoms. The van der Waals surface area contributed by atoms with E-state index >= 15 is 0 Å². The lowest BCUT2D eigenvalue weighted by atomic mass is 10.1. The fourth-order valence-electron chi connectivity index (χ4n) is 2.01. The van der Waals surface area contributed by atoms with Gasteiger partial charge in [0.25, 0.3) is 0 Å². The van der Waals surface area contributed by atoms with Gasteiger partial charge in [0.2, 0.25) is 0 Å². The van der Waals surface area contributed by atoms with Crippen LogP contribution < -0.4 is 0 Å². The van der Waals surface area contributed by atoms with Crippen LogP contribution in [0.25, 0.3) is 16.8 Å². The van der Waals surface area contributed by atoms with Crippen molar-refractivity contribution < 1.29 is 0 Å². The molecule has 0 N–H and O–H groups in total. The molecule has 0 radical (unpaired) electrons. The van der Waals surface area contributed by atoms with Gasteiger partial charge in [-0.3, -0.25) is 0 Å². The van der Waals surface area contributed by atoms with Crippen LogP contribution in [-0.4, -0.2) is 9.78 Å². The topological polar surface area (TPSA) is 17.8 Å². The summed E-state index contributed by atoms with van der Waals surface area (Å²) in [5.41, 5.74) is 4.05. The van der Waals surface area contributed by atoms with Crippen LogP contribution >= 0.6 is 23.2 Å². The van der Waals surface area contributed by atoms with E-state index in [0.717, 1.165) is 27.4 Å². The zero-order valence-electron chi connectivity index (χ0n) is 10.8. The van der Waals surface area contributed by atoms with Crippen LogP contribution in [0.4, 0.5) is 0 Å². The standard InChI is InChI=1S/C16H12Cl2N2/c1-11-5-6-15(8-16(11)18)20-10-13(9-19-20)12-3-2-4-14(17)7-12/h2-10H,1H3. The molecule has 4 heteroatoms. The molecule has 100 valence electrons. The molecule has 20 heavy (non-hydrogen) atoms. The summed E-state index contributed by atoms with van der Waals surface area (Å²) in [5.74, 6) is 0. The third-order valence-electron chi connectivity index (χ3n) is 3.16. The van der Waals surface area contributed by atoms with E-state index in [4.69, 9.17) is 23.2 Å².